The third-order valence-corrected chi connectivity index (χ3v) is 6.39. The van der Waals surface area contributed by atoms with E-state index in [1.165, 1.54) is 24.4 Å². The Morgan fingerprint density at radius 2 is 1.67 bits per heavy atom. The highest BCUT2D eigenvalue weighted by atomic mass is 19.4. The molecule has 0 bridgehead atoms. The molecule has 2 amide bonds. The number of aromatic nitrogens is 4. The van der Waals surface area contributed by atoms with Crippen molar-refractivity contribution in [3.8, 4) is 17.3 Å². The smallest absolute Gasteiger partial charge is 0.449 e. The van der Waals surface area contributed by atoms with Crippen LogP contribution in [0.3, 0.4) is 0 Å². The number of alkyl halides is 3. The molecule has 16 heteroatoms. The normalized spacial score (nSPS) is 14.2. The summed E-state index contributed by atoms with van der Waals surface area (Å²) >= 11 is 0. The SMILES string of the molecule is COc1ncc(-c2nc(C(F)(F)F)n3c2CN(C(=O)C[C@@H](Cc2cc(F)c(F)cc2F)NC(=O)OC(C)(C)C)CC3)cn1. The maximum Gasteiger partial charge on any atom is 0.449 e. The number of alkyl carbamates (subject to hydrolysis) is 1. The molecule has 0 unspecified atom stereocenters. The van der Waals surface area contributed by atoms with Gasteiger partial charge in [-0.3, -0.25) is 4.79 Å². The summed E-state index contributed by atoms with van der Waals surface area (Å²) in [5.74, 6) is -5.58. The van der Waals surface area contributed by atoms with E-state index in [4.69, 9.17) is 9.47 Å². The Labute approximate surface area is 242 Å². The molecule has 4 rings (SSSR count). The van der Waals surface area contributed by atoms with Gasteiger partial charge < -0.3 is 24.3 Å². The highest BCUT2D eigenvalue weighted by Gasteiger charge is 2.41. The monoisotopic (exact) mass is 614 g/mol. The molecule has 43 heavy (non-hydrogen) atoms. The molecule has 3 heterocycles. The van der Waals surface area contributed by atoms with Gasteiger partial charge in [-0.25, -0.2) is 32.9 Å². The van der Waals surface area contributed by atoms with Crippen LogP contribution < -0.4 is 10.1 Å². The first-order chi connectivity index (χ1) is 20.1. The first-order valence-corrected chi connectivity index (χ1v) is 13.0. The van der Waals surface area contributed by atoms with Gasteiger partial charge in [0.15, 0.2) is 11.6 Å². The van der Waals surface area contributed by atoms with Gasteiger partial charge in [-0.05, 0) is 38.8 Å². The number of halogens is 6. The number of methoxy groups -OCH3 is 1. The number of hydrogen-bond donors (Lipinski definition) is 1. The molecule has 232 valence electrons. The molecule has 0 fully saturated rings. The Balaban J connectivity index is 1.61. The molecule has 1 atom stereocenters. The third kappa shape index (κ3) is 7.53. The van der Waals surface area contributed by atoms with Crippen LogP contribution in [-0.4, -0.2) is 61.7 Å². The minimum absolute atomic E-state index is 0.00863. The lowest BCUT2D eigenvalue weighted by molar-refractivity contribution is -0.148. The van der Waals surface area contributed by atoms with Crippen molar-refractivity contribution < 1.29 is 45.4 Å². The maximum atomic E-state index is 14.4. The van der Waals surface area contributed by atoms with Crippen molar-refractivity contribution in [2.24, 2.45) is 0 Å². The second-order valence-electron chi connectivity index (χ2n) is 10.8. The number of nitrogens with zero attached hydrogens (tertiary/aromatic N) is 5. The summed E-state index contributed by atoms with van der Waals surface area (Å²) in [6.07, 6.45) is -4.11. The molecule has 0 saturated carbocycles. The third-order valence-electron chi connectivity index (χ3n) is 6.39. The summed E-state index contributed by atoms with van der Waals surface area (Å²) in [5.41, 5.74) is -1.08. The number of imidazole rings is 1. The molecule has 0 saturated heterocycles. The number of nitrogens with one attached hydrogen (secondary N) is 1. The van der Waals surface area contributed by atoms with Crippen LogP contribution >= 0.6 is 0 Å². The van der Waals surface area contributed by atoms with Crippen LogP contribution in [0, 0.1) is 17.5 Å². The van der Waals surface area contributed by atoms with Gasteiger partial charge in [0.05, 0.1) is 25.0 Å². The largest absolute Gasteiger partial charge is 0.467 e. The van der Waals surface area contributed by atoms with Gasteiger partial charge in [0.25, 0.3) is 0 Å². The Bertz CT molecular complexity index is 1500. The first kappa shape index (κ1) is 31.6. The van der Waals surface area contributed by atoms with Crippen molar-refractivity contribution in [1.29, 1.82) is 0 Å². The van der Waals surface area contributed by atoms with Gasteiger partial charge >= 0.3 is 18.3 Å². The summed E-state index contributed by atoms with van der Waals surface area (Å²) in [7, 11) is 1.32. The summed E-state index contributed by atoms with van der Waals surface area (Å²) in [5, 5.41) is 2.46. The number of amides is 2. The van der Waals surface area contributed by atoms with Crippen molar-refractivity contribution in [3.05, 3.63) is 59.1 Å². The maximum absolute atomic E-state index is 14.4. The Hall–Kier alpha value is -4.37. The summed E-state index contributed by atoms with van der Waals surface area (Å²) in [4.78, 5) is 38.8. The molecule has 1 aliphatic rings. The van der Waals surface area contributed by atoms with Crippen molar-refractivity contribution in [1.82, 2.24) is 29.7 Å². The van der Waals surface area contributed by atoms with Crippen LogP contribution in [0.5, 0.6) is 6.01 Å². The number of rotatable bonds is 7. The van der Waals surface area contributed by atoms with Gasteiger partial charge in [-0.2, -0.15) is 13.2 Å². The predicted molar refractivity (Wildman–Crippen MR) is 138 cm³/mol. The van der Waals surface area contributed by atoms with Gasteiger partial charge in [0, 0.05) is 49.6 Å². The summed E-state index contributed by atoms with van der Waals surface area (Å²) in [6, 6.07) is -0.175. The number of carbonyl (C=O) groups is 2. The number of benzene rings is 1. The van der Waals surface area contributed by atoms with E-state index in [9.17, 15) is 35.9 Å². The van der Waals surface area contributed by atoms with Crippen molar-refractivity contribution >= 4 is 12.0 Å². The lowest BCUT2D eigenvalue weighted by Gasteiger charge is -2.31. The zero-order valence-electron chi connectivity index (χ0n) is 23.6. The second-order valence-corrected chi connectivity index (χ2v) is 10.8. The van der Waals surface area contributed by atoms with E-state index < -0.39 is 65.9 Å². The fraction of sp³-hybridized carbons (Fsp3) is 0.444. The molecule has 1 N–H and O–H groups in total. The van der Waals surface area contributed by atoms with Gasteiger partial charge in [-0.15, -0.1) is 0 Å². The average molecular weight is 615 g/mol. The van der Waals surface area contributed by atoms with Gasteiger partial charge in [0.1, 0.15) is 11.4 Å². The van der Waals surface area contributed by atoms with Crippen LogP contribution in [0.4, 0.5) is 31.1 Å². The van der Waals surface area contributed by atoms with Crippen LogP contribution in [0.2, 0.25) is 0 Å². The topological polar surface area (TPSA) is 111 Å². The molecule has 2 aromatic heterocycles. The zero-order valence-corrected chi connectivity index (χ0v) is 23.6. The minimum Gasteiger partial charge on any atom is -0.467 e. The lowest BCUT2D eigenvalue weighted by Crippen LogP contribution is -2.45. The Morgan fingerprint density at radius 1 is 1.02 bits per heavy atom. The summed E-state index contributed by atoms with van der Waals surface area (Å²) < 4.78 is 94.4. The molecule has 0 radical (unpaired) electrons. The van der Waals surface area contributed by atoms with E-state index in [2.05, 4.69) is 20.3 Å². The molecule has 3 aromatic rings. The lowest BCUT2D eigenvalue weighted by atomic mass is 10.0. The summed E-state index contributed by atoms with van der Waals surface area (Å²) in [6.45, 7) is 4.12. The molecular weight excluding hydrogens is 586 g/mol. The zero-order chi connectivity index (χ0) is 31.7. The number of fused-ring (bicyclic) bond motifs is 1. The van der Waals surface area contributed by atoms with E-state index in [0.717, 1.165) is 4.57 Å². The van der Waals surface area contributed by atoms with Gasteiger partial charge in [-0.1, -0.05) is 0 Å². The van der Waals surface area contributed by atoms with Crippen molar-refractivity contribution in [2.75, 3.05) is 13.7 Å². The molecule has 10 nitrogen and oxygen atoms in total. The average Bonchev–Trinajstić information content (AvgIpc) is 3.30. The number of carbonyl (C=O) groups excluding carboxylic acids is 2. The number of hydrogen-bond acceptors (Lipinski definition) is 7. The molecular formula is C27H28F6N6O4. The van der Waals surface area contributed by atoms with Crippen LogP contribution in [-0.2, 0) is 35.2 Å². The predicted octanol–water partition coefficient (Wildman–Crippen LogP) is 4.65. The highest BCUT2D eigenvalue weighted by molar-refractivity contribution is 5.78. The molecule has 0 aliphatic carbocycles. The second kappa shape index (κ2) is 12.1. The van der Waals surface area contributed by atoms with Crippen molar-refractivity contribution in [3.63, 3.8) is 0 Å². The molecule has 1 aromatic carbocycles. The van der Waals surface area contributed by atoms with Crippen LogP contribution in [0.1, 0.15) is 44.3 Å². The first-order valence-electron chi connectivity index (χ1n) is 13.0. The fourth-order valence-electron chi connectivity index (χ4n) is 4.55. The van der Waals surface area contributed by atoms with Crippen LogP contribution in [0.25, 0.3) is 11.3 Å². The minimum atomic E-state index is -4.79. The van der Waals surface area contributed by atoms with E-state index >= 15 is 0 Å². The Morgan fingerprint density at radius 3 is 2.28 bits per heavy atom. The fourth-order valence-corrected chi connectivity index (χ4v) is 4.55. The van der Waals surface area contributed by atoms with E-state index in [0.29, 0.717) is 12.1 Å². The van der Waals surface area contributed by atoms with Gasteiger partial charge in [0.2, 0.25) is 11.7 Å². The quantitative estimate of drug-likeness (QED) is 0.305. The molecule has 1 aliphatic heterocycles. The standard InChI is InChI=1S/C27H28F6N6O4/c1-26(2,3)43-25(41)36-16(7-14-8-18(29)19(30)10-17(14)28)9-21(40)38-5-6-39-20(13-38)22(37-23(39)27(31,32)33)15-11-34-24(42-4)35-12-15/h8,10-12,16H,5-7,9,13H2,1-4H3,(H,36,41)/t16-/m1/s1. The number of ether oxygens (including phenoxy) is 2. The van der Waals surface area contributed by atoms with E-state index in [1.54, 1.807) is 20.8 Å². The van der Waals surface area contributed by atoms with Crippen LogP contribution in [0.15, 0.2) is 24.5 Å². The van der Waals surface area contributed by atoms with Crippen molar-refractivity contribution in [2.45, 2.75) is 64.5 Å². The molecule has 0 spiro atoms. The highest BCUT2D eigenvalue weighted by Crippen LogP contribution is 2.36. The Kier molecular flexibility index (Phi) is 8.87. The van der Waals surface area contributed by atoms with E-state index in [-0.39, 0.29) is 48.2 Å². The van der Waals surface area contributed by atoms with E-state index in [1.807, 2.05) is 0 Å².